The molecule has 1 rings (SSSR count). The standard InChI is InChI=1S/C9H12O/c1-2-5-8-6-3-4-7-9(8)10/h2-3,6,8H,1,4-5,7H2. The van der Waals surface area contributed by atoms with Gasteiger partial charge in [0.25, 0.3) is 0 Å². The van der Waals surface area contributed by atoms with Crippen LogP contribution in [0.2, 0.25) is 0 Å². The number of hydrogen-bond donors (Lipinski definition) is 0. The molecule has 1 aliphatic rings. The smallest absolute Gasteiger partial charge is 0.140 e. The Bertz CT molecular complexity index is 168. The summed E-state index contributed by atoms with van der Waals surface area (Å²) in [5.74, 6) is 0.494. The fourth-order valence-electron chi connectivity index (χ4n) is 1.17. The highest BCUT2D eigenvalue weighted by atomic mass is 16.1. The van der Waals surface area contributed by atoms with E-state index in [1.54, 1.807) is 6.08 Å². The largest absolute Gasteiger partial charge is 0.299 e. The predicted molar refractivity (Wildman–Crippen MR) is 41.7 cm³/mol. The van der Waals surface area contributed by atoms with Crippen LogP contribution in [0.4, 0.5) is 0 Å². The zero-order valence-electron chi connectivity index (χ0n) is 6.05. The van der Waals surface area contributed by atoms with Gasteiger partial charge in [0.15, 0.2) is 0 Å². The molecule has 0 amide bonds. The van der Waals surface area contributed by atoms with Crippen LogP contribution >= 0.6 is 0 Å². The highest BCUT2D eigenvalue weighted by Crippen LogP contribution is 2.16. The molecule has 0 radical (unpaired) electrons. The van der Waals surface area contributed by atoms with Gasteiger partial charge in [-0.3, -0.25) is 4.79 Å². The van der Waals surface area contributed by atoms with E-state index in [1.807, 2.05) is 6.08 Å². The van der Waals surface area contributed by atoms with Crippen molar-refractivity contribution in [2.24, 2.45) is 5.92 Å². The zero-order chi connectivity index (χ0) is 7.40. The molecule has 1 nitrogen and oxygen atoms in total. The molecule has 0 N–H and O–H groups in total. The summed E-state index contributed by atoms with van der Waals surface area (Å²) in [6.07, 6.45) is 8.32. The summed E-state index contributed by atoms with van der Waals surface area (Å²) < 4.78 is 0. The molecule has 0 bridgehead atoms. The Hall–Kier alpha value is -0.850. The Morgan fingerprint density at radius 3 is 3.20 bits per heavy atom. The van der Waals surface area contributed by atoms with Crippen LogP contribution in [-0.2, 0) is 4.79 Å². The minimum absolute atomic E-state index is 0.131. The second kappa shape index (κ2) is 3.35. The van der Waals surface area contributed by atoms with Crippen molar-refractivity contribution in [2.75, 3.05) is 0 Å². The van der Waals surface area contributed by atoms with Gasteiger partial charge in [-0.05, 0) is 12.8 Å². The maximum atomic E-state index is 11.1. The van der Waals surface area contributed by atoms with Crippen LogP contribution in [0.5, 0.6) is 0 Å². The van der Waals surface area contributed by atoms with Gasteiger partial charge in [-0.25, -0.2) is 0 Å². The highest BCUT2D eigenvalue weighted by molar-refractivity contribution is 5.83. The molecule has 10 heavy (non-hydrogen) atoms. The van der Waals surface area contributed by atoms with Crippen LogP contribution in [0.3, 0.4) is 0 Å². The van der Waals surface area contributed by atoms with E-state index in [0.29, 0.717) is 5.78 Å². The normalized spacial score (nSPS) is 24.8. The molecular weight excluding hydrogens is 124 g/mol. The average molecular weight is 136 g/mol. The van der Waals surface area contributed by atoms with Crippen LogP contribution in [0.25, 0.3) is 0 Å². The Morgan fingerprint density at radius 2 is 2.60 bits per heavy atom. The number of hydrogen-bond acceptors (Lipinski definition) is 1. The molecule has 0 aliphatic heterocycles. The van der Waals surface area contributed by atoms with Crippen molar-refractivity contribution in [2.45, 2.75) is 19.3 Å². The highest BCUT2D eigenvalue weighted by Gasteiger charge is 2.15. The van der Waals surface area contributed by atoms with Crippen molar-refractivity contribution in [3.63, 3.8) is 0 Å². The van der Waals surface area contributed by atoms with Crippen molar-refractivity contribution < 1.29 is 4.79 Å². The minimum Gasteiger partial charge on any atom is -0.299 e. The van der Waals surface area contributed by atoms with Crippen LogP contribution in [0.15, 0.2) is 24.8 Å². The van der Waals surface area contributed by atoms with Crippen LogP contribution < -0.4 is 0 Å². The van der Waals surface area contributed by atoms with E-state index in [0.717, 1.165) is 19.3 Å². The summed E-state index contributed by atoms with van der Waals surface area (Å²) in [4.78, 5) is 11.1. The van der Waals surface area contributed by atoms with Gasteiger partial charge in [0.2, 0.25) is 0 Å². The minimum atomic E-state index is 0.131. The van der Waals surface area contributed by atoms with E-state index in [2.05, 4.69) is 12.7 Å². The van der Waals surface area contributed by atoms with Gasteiger partial charge in [-0.2, -0.15) is 0 Å². The van der Waals surface area contributed by atoms with Crippen molar-refractivity contribution in [1.82, 2.24) is 0 Å². The first kappa shape index (κ1) is 7.26. The molecule has 1 heteroatoms. The predicted octanol–water partition coefficient (Wildman–Crippen LogP) is 2.10. The van der Waals surface area contributed by atoms with Crippen LogP contribution in [0.1, 0.15) is 19.3 Å². The fourth-order valence-corrected chi connectivity index (χ4v) is 1.17. The molecule has 0 aromatic rings. The van der Waals surface area contributed by atoms with Crippen molar-refractivity contribution in [3.8, 4) is 0 Å². The lowest BCUT2D eigenvalue weighted by atomic mass is 9.92. The number of Topliss-reactive ketones (excluding diaryl/α,β-unsaturated/α-hetero) is 1. The van der Waals surface area contributed by atoms with Crippen LogP contribution in [-0.4, -0.2) is 5.78 Å². The third-order valence-electron chi connectivity index (χ3n) is 1.76. The van der Waals surface area contributed by atoms with Crippen molar-refractivity contribution >= 4 is 5.78 Å². The van der Waals surface area contributed by atoms with Crippen LogP contribution in [0, 0.1) is 5.92 Å². The summed E-state index contributed by atoms with van der Waals surface area (Å²) in [5.41, 5.74) is 0. The molecule has 1 atom stereocenters. The van der Waals surface area contributed by atoms with E-state index >= 15 is 0 Å². The van der Waals surface area contributed by atoms with E-state index in [4.69, 9.17) is 0 Å². The Balaban J connectivity index is 2.54. The summed E-state index contributed by atoms with van der Waals surface area (Å²) in [5, 5.41) is 0. The third kappa shape index (κ3) is 1.56. The number of carbonyl (C=O) groups excluding carboxylic acids is 1. The Kier molecular flexibility index (Phi) is 2.43. The van der Waals surface area contributed by atoms with Gasteiger partial charge < -0.3 is 0 Å². The van der Waals surface area contributed by atoms with Gasteiger partial charge in [-0.15, -0.1) is 6.58 Å². The monoisotopic (exact) mass is 136 g/mol. The lowest BCUT2D eigenvalue weighted by Gasteiger charge is -2.11. The topological polar surface area (TPSA) is 17.1 Å². The SMILES string of the molecule is C=CCC1C=CCCC1=O. The molecule has 54 valence electrons. The first-order chi connectivity index (χ1) is 4.84. The molecule has 0 saturated heterocycles. The number of allylic oxidation sites excluding steroid dienone is 3. The number of rotatable bonds is 2. The Labute approximate surface area is 61.4 Å². The Morgan fingerprint density at radius 1 is 1.80 bits per heavy atom. The van der Waals surface area contributed by atoms with Gasteiger partial charge in [0.1, 0.15) is 5.78 Å². The van der Waals surface area contributed by atoms with Gasteiger partial charge in [0.05, 0.1) is 0 Å². The van der Waals surface area contributed by atoms with Gasteiger partial charge in [0, 0.05) is 12.3 Å². The number of carbonyl (C=O) groups is 1. The summed E-state index contributed by atoms with van der Waals surface area (Å²) in [6.45, 7) is 3.60. The summed E-state index contributed by atoms with van der Waals surface area (Å²) >= 11 is 0. The van der Waals surface area contributed by atoms with Crippen molar-refractivity contribution in [1.29, 1.82) is 0 Å². The van der Waals surface area contributed by atoms with Crippen molar-refractivity contribution in [3.05, 3.63) is 24.8 Å². The van der Waals surface area contributed by atoms with E-state index in [-0.39, 0.29) is 5.92 Å². The maximum absolute atomic E-state index is 11.1. The molecular formula is C9H12O. The quantitative estimate of drug-likeness (QED) is 0.531. The van der Waals surface area contributed by atoms with E-state index in [9.17, 15) is 4.79 Å². The first-order valence-electron chi connectivity index (χ1n) is 3.65. The molecule has 0 aromatic heterocycles. The van der Waals surface area contributed by atoms with Gasteiger partial charge in [-0.1, -0.05) is 18.2 Å². The van der Waals surface area contributed by atoms with E-state index in [1.165, 1.54) is 0 Å². The lowest BCUT2D eigenvalue weighted by molar-refractivity contribution is -0.121. The van der Waals surface area contributed by atoms with E-state index < -0.39 is 0 Å². The molecule has 1 aliphatic carbocycles. The molecule has 0 fully saturated rings. The molecule has 0 aromatic carbocycles. The zero-order valence-corrected chi connectivity index (χ0v) is 6.05. The first-order valence-corrected chi connectivity index (χ1v) is 3.65. The molecule has 0 spiro atoms. The van der Waals surface area contributed by atoms with Gasteiger partial charge >= 0.3 is 0 Å². The second-order valence-corrected chi connectivity index (χ2v) is 2.56. The summed E-state index contributed by atoms with van der Waals surface area (Å²) in [6, 6.07) is 0. The molecule has 0 saturated carbocycles. The lowest BCUT2D eigenvalue weighted by Crippen LogP contribution is -2.13. The molecule has 1 unspecified atom stereocenters. The number of ketones is 1. The third-order valence-corrected chi connectivity index (χ3v) is 1.76. The fraction of sp³-hybridized carbons (Fsp3) is 0.444. The average Bonchev–Trinajstić information content (AvgIpc) is 1.94. The molecule has 0 heterocycles. The second-order valence-electron chi connectivity index (χ2n) is 2.56. The maximum Gasteiger partial charge on any atom is 0.140 e. The summed E-state index contributed by atoms with van der Waals surface area (Å²) in [7, 11) is 0.